The van der Waals surface area contributed by atoms with Gasteiger partial charge in [0.25, 0.3) is 0 Å². The Morgan fingerprint density at radius 1 is 1.33 bits per heavy atom. The first-order valence-electron chi connectivity index (χ1n) is 9.28. The Kier molecular flexibility index (Phi) is 11.4. The Hall–Kier alpha value is -1.90. The maximum absolute atomic E-state index is 4.75. The minimum Gasteiger partial charge on any atom is -0.357 e. The fourth-order valence-corrected chi connectivity index (χ4v) is 2.61. The molecule has 0 atom stereocenters. The second kappa shape index (κ2) is 13.3. The van der Waals surface area contributed by atoms with E-state index in [0.717, 1.165) is 43.3 Å². The van der Waals surface area contributed by atoms with Crippen molar-refractivity contribution in [2.45, 2.75) is 39.2 Å². The molecular formula is C20H31IN6. The second-order valence-electron chi connectivity index (χ2n) is 6.22. The summed E-state index contributed by atoms with van der Waals surface area (Å²) in [4.78, 5) is 15.5. The topological polar surface area (TPSA) is 58.3 Å². The average molecular weight is 482 g/mol. The zero-order chi connectivity index (χ0) is 18.6. The quantitative estimate of drug-likeness (QED) is 0.183. The predicted molar refractivity (Wildman–Crippen MR) is 123 cm³/mol. The number of aromatic nitrogens is 3. The molecule has 0 saturated carbocycles. The van der Waals surface area contributed by atoms with Gasteiger partial charge in [-0.1, -0.05) is 18.6 Å². The van der Waals surface area contributed by atoms with E-state index in [0.29, 0.717) is 6.54 Å². The zero-order valence-corrected chi connectivity index (χ0v) is 18.7. The minimum absolute atomic E-state index is 0. The monoisotopic (exact) mass is 482 g/mol. The van der Waals surface area contributed by atoms with Crippen LogP contribution in [0.15, 0.2) is 54.7 Å². The Morgan fingerprint density at radius 3 is 2.81 bits per heavy atom. The van der Waals surface area contributed by atoms with E-state index < -0.39 is 0 Å². The van der Waals surface area contributed by atoms with Crippen LogP contribution in [0.25, 0.3) is 5.82 Å². The summed E-state index contributed by atoms with van der Waals surface area (Å²) in [5.74, 6) is 1.80. The number of aliphatic imine (C=N–C) groups is 1. The lowest BCUT2D eigenvalue weighted by Crippen LogP contribution is -2.39. The van der Waals surface area contributed by atoms with Crippen LogP contribution in [0.4, 0.5) is 0 Å². The smallest absolute Gasteiger partial charge is 0.193 e. The van der Waals surface area contributed by atoms with Gasteiger partial charge in [0.15, 0.2) is 5.96 Å². The van der Waals surface area contributed by atoms with Crippen molar-refractivity contribution in [3.63, 3.8) is 0 Å². The van der Waals surface area contributed by atoms with E-state index in [2.05, 4.69) is 46.8 Å². The molecule has 2 aromatic rings. The van der Waals surface area contributed by atoms with Crippen LogP contribution >= 0.6 is 24.0 Å². The van der Waals surface area contributed by atoms with Gasteiger partial charge in [-0.2, -0.15) is 0 Å². The van der Waals surface area contributed by atoms with Gasteiger partial charge in [-0.15, -0.1) is 30.6 Å². The third-order valence-corrected chi connectivity index (χ3v) is 4.09. The van der Waals surface area contributed by atoms with Gasteiger partial charge in [0, 0.05) is 38.7 Å². The fourth-order valence-electron chi connectivity index (χ4n) is 2.61. The maximum atomic E-state index is 4.75. The van der Waals surface area contributed by atoms with Crippen LogP contribution in [0.2, 0.25) is 0 Å². The van der Waals surface area contributed by atoms with Crippen LogP contribution in [0, 0.1) is 0 Å². The van der Waals surface area contributed by atoms with Gasteiger partial charge in [0.2, 0.25) is 0 Å². The normalized spacial score (nSPS) is 11.0. The van der Waals surface area contributed by atoms with Crippen molar-refractivity contribution >= 4 is 29.9 Å². The zero-order valence-electron chi connectivity index (χ0n) is 16.3. The number of allylic oxidation sites excluding steroid dienone is 1. The van der Waals surface area contributed by atoms with Gasteiger partial charge in [-0.05, 0) is 37.8 Å². The first kappa shape index (κ1) is 23.1. The van der Waals surface area contributed by atoms with E-state index in [1.807, 2.05) is 29.1 Å². The van der Waals surface area contributed by atoms with Gasteiger partial charge < -0.3 is 10.2 Å². The van der Waals surface area contributed by atoms with Crippen molar-refractivity contribution in [1.29, 1.82) is 0 Å². The fraction of sp³-hybridized carbons (Fsp3) is 0.450. The SMILES string of the molecule is C=CCCCCCN(C)C(=NCc1ccc(-n2ccnc2)nc1)NCC.I. The Labute approximate surface area is 179 Å². The summed E-state index contributed by atoms with van der Waals surface area (Å²) in [6, 6.07) is 4.05. The highest BCUT2D eigenvalue weighted by atomic mass is 127. The highest BCUT2D eigenvalue weighted by Crippen LogP contribution is 2.07. The molecule has 2 heterocycles. The lowest BCUT2D eigenvalue weighted by molar-refractivity contribution is 0.455. The van der Waals surface area contributed by atoms with E-state index in [-0.39, 0.29) is 24.0 Å². The molecule has 6 nitrogen and oxygen atoms in total. The Bertz CT molecular complexity index is 666. The van der Waals surface area contributed by atoms with Gasteiger partial charge in [0.1, 0.15) is 12.1 Å². The summed E-state index contributed by atoms with van der Waals surface area (Å²) in [5.41, 5.74) is 1.09. The molecule has 148 valence electrons. The number of hydrogen-bond donors (Lipinski definition) is 1. The van der Waals surface area contributed by atoms with Gasteiger partial charge in [-0.3, -0.25) is 4.57 Å². The van der Waals surface area contributed by atoms with Crippen molar-refractivity contribution in [3.8, 4) is 5.82 Å². The molecule has 0 aromatic carbocycles. The highest BCUT2D eigenvalue weighted by molar-refractivity contribution is 14.0. The average Bonchev–Trinajstić information content (AvgIpc) is 3.20. The Morgan fingerprint density at radius 2 is 2.19 bits per heavy atom. The molecular weight excluding hydrogens is 451 g/mol. The van der Waals surface area contributed by atoms with Crippen molar-refractivity contribution in [2.24, 2.45) is 4.99 Å². The van der Waals surface area contributed by atoms with Crippen LogP contribution in [0.5, 0.6) is 0 Å². The number of nitrogens with one attached hydrogen (secondary N) is 1. The van der Waals surface area contributed by atoms with E-state index in [4.69, 9.17) is 4.99 Å². The van der Waals surface area contributed by atoms with Crippen LogP contribution in [0.1, 0.15) is 38.2 Å². The number of nitrogens with zero attached hydrogens (tertiary/aromatic N) is 5. The number of rotatable bonds is 10. The first-order chi connectivity index (χ1) is 12.7. The number of imidazole rings is 1. The van der Waals surface area contributed by atoms with Crippen molar-refractivity contribution in [1.82, 2.24) is 24.8 Å². The summed E-state index contributed by atoms with van der Waals surface area (Å²) < 4.78 is 1.89. The first-order valence-corrected chi connectivity index (χ1v) is 9.28. The Balaban J connectivity index is 0.00000364. The standard InChI is InChI=1S/C20H30N6.HI/c1-4-6-7-8-9-13-25(3)20(22-5-2)24-16-18-10-11-19(23-15-18)26-14-12-21-17-26;/h4,10-12,14-15,17H,1,5-9,13,16H2,2-3H3,(H,22,24);1H. The molecule has 0 radical (unpaired) electrons. The maximum Gasteiger partial charge on any atom is 0.193 e. The third kappa shape index (κ3) is 8.11. The van der Waals surface area contributed by atoms with E-state index in [9.17, 15) is 0 Å². The van der Waals surface area contributed by atoms with Crippen LogP contribution in [-0.2, 0) is 6.54 Å². The summed E-state index contributed by atoms with van der Waals surface area (Å²) >= 11 is 0. The molecule has 0 aliphatic heterocycles. The van der Waals surface area contributed by atoms with Gasteiger partial charge in [0.05, 0.1) is 6.54 Å². The minimum atomic E-state index is 0. The molecule has 0 saturated heterocycles. The van der Waals surface area contributed by atoms with Crippen LogP contribution in [0.3, 0.4) is 0 Å². The lowest BCUT2D eigenvalue weighted by atomic mass is 10.2. The molecule has 7 heteroatoms. The highest BCUT2D eigenvalue weighted by Gasteiger charge is 2.05. The summed E-state index contributed by atoms with van der Waals surface area (Å²) in [5, 5.41) is 3.37. The summed E-state index contributed by atoms with van der Waals surface area (Å²) in [6.07, 6.45) is 13.9. The predicted octanol–water partition coefficient (Wildman–Crippen LogP) is 4.03. The molecule has 2 rings (SSSR count). The lowest BCUT2D eigenvalue weighted by Gasteiger charge is -2.22. The molecule has 27 heavy (non-hydrogen) atoms. The third-order valence-electron chi connectivity index (χ3n) is 4.09. The molecule has 0 fully saturated rings. The van der Waals surface area contributed by atoms with Crippen molar-refractivity contribution in [3.05, 3.63) is 55.3 Å². The molecule has 0 unspecified atom stereocenters. The largest absolute Gasteiger partial charge is 0.357 e. The van der Waals surface area contributed by atoms with Crippen molar-refractivity contribution in [2.75, 3.05) is 20.1 Å². The molecule has 0 amide bonds. The summed E-state index contributed by atoms with van der Waals surface area (Å²) in [6.45, 7) is 8.33. The number of hydrogen-bond acceptors (Lipinski definition) is 3. The molecule has 0 bridgehead atoms. The van der Waals surface area contributed by atoms with E-state index in [1.165, 1.54) is 12.8 Å². The summed E-state index contributed by atoms with van der Waals surface area (Å²) in [7, 11) is 2.09. The molecule has 1 N–H and O–H groups in total. The van der Waals surface area contributed by atoms with Gasteiger partial charge in [-0.25, -0.2) is 15.0 Å². The van der Waals surface area contributed by atoms with E-state index >= 15 is 0 Å². The van der Waals surface area contributed by atoms with E-state index in [1.54, 1.807) is 12.5 Å². The number of unbranched alkanes of at least 4 members (excludes halogenated alkanes) is 3. The molecule has 2 aromatic heterocycles. The van der Waals surface area contributed by atoms with Crippen LogP contribution < -0.4 is 5.32 Å². The molecule has 0 aliphatic rings. The second-order valence-corrected chi connectivity index (χ2v) is 6.22. The number of pyridine rings is 1. The van der Waals surface area contributed by atoms with Gasteiger partial charge >= 0.3 is 0 Å². The number of guanidine groups is 1. The van der Waals surface area contributed by atoms with Crippen LogP contribution in [-0.4, -0.2) is 45.5 Å². The van der Waals surface area contributed by atoms with Crippen molar-refractivity contribution < 1.29 is 0 Å². The molecule has 0 aliphatic carbocycles. The number of halogens is 1. The molecule has 0 spiro atoms.